The van der Waals surface area contributed by atoms with Crippen molar-refractivity contribution in [3.63, 3.8) is 0 Å². The predicted octanol–water partition coefficient (Wildman–Crippen LogP) is 1.69. The zero-order valence-electron chi connectivity index (χ0n) is 18.0. The molecule has 2 aliphatic heterocycles. The number of carbonyl (C=O) groups is 2. The van der Waals surface area contributed by atoms with E-state index in [1.165, 1.54) is 0 Å². The molecule has 166 valence electrons. The zero-order valence-corrected chi connectivity index (χ0v) is 18.0. The molecule has 3 heterocycles. The van der Waals surface area contributed by atoms with Gasteiger partial charge < -0.3 is 24.0 Å². The van der Waals surface area contributed by atoms with Crippen LogP contribution >= 0.6 is 0 Å². The maximum absolute atomic E-state index is 13.2. The van der Waals surface area contributed by atoms with E-state index < -0.39 is 0 Å². The van der Waals surface area contributed by atoms with E-state index in [0.717, 1.165) is 37.0 Å². The van der Waals surface area contributed by atoms with E-state index in [0.29, 0.717) is 45.1 Å². The molecule has 0 bridgehead atoms. The van der Waals surface area contributed by atoms with Crippen molar-refractivity contribution in [1.82, 2.24) is 19.4 Å². The van der Waals surface area contributed by atoms with Crippen molar-refractivity contribution in [3.8, 4) is 0 Å². The van der Waals surface area contributed by atoms with Crippen LogP contribution in [-0.2, 0) is 16.1 Å². The number of amides is 2. The number of nitrogens with zero attached hydrogens (tertiary/aromatic N) is 5. The topological polar surface area (TPSA) is 88.0 Å². The second-order valence-electron chi connectivity index (χ2n) is 7.89. The molecular formula is C22H29N5O4. The number of benzene rings is 1. The molecule has 2 amide bonds. The lowest BCUT2D eigenvalue weighted by Gasteiger charge is -2.34. The van der Waals surface area contributed by atoms with Crippen molar-refractivity contribution in [2.45, 2.75) is 32.7 Å². The highest BCUT2D eigenvalue weighted by molar-refractivity contribution is 5.78. The number of aryl methyl sites for hydroxylation is 1. The highest BCUT2D eigenvalue weighted by atomic mass is 16.6. The Morgan fingerprint density at radius 3 is 2.39 bits per heavy atom. The number of rotatable bonds is 5. The molecule has 0 unspecified atom stereocenters. The molecule has 1 aromatic carbocycles. The highest BCUT2D eigenvalue weighted by Crippen LogP contribution is 2.18. The van der Waals surface area contributed by atoms with Crippen LogP contribution in [0.2, 0.25) is 0 Å². The summed E-state index contributed by atoms with van der Waals surface area (Å²) in [7, 11) is 0. The van der Waals surface area contributed by atoms with Gasteiger partial charge in [0.1, 0.15) is 0 Å². The second kappa shape index (κ2) is 9.36. The lowest BCUT2D eigenvalue weighted by atomic mass is 10.2. The average molecular weight is 428 g/mol. The average Bonchev–Trinajstić information content (AvgIpc) is 3.33. The molecule has 9 heteroatoms. The highest BCUT2D eigenvalue weighted by Gasteiger charge is 2.25. The van der Waals surface area contributed by atoms with Crippen LogP contribution in [0.4, 0.5) is 10.6 Å². The third-order valence-electron chi connectivity index (χ3n) is 5.95. The fourth-order valence-electron chi connectivity index (χ4n) is 4.25. The van der Waals surface area contributed by atoms with E-state index in [2.05, 4.69) is 4.98 Å². The first-order chi connectivity index (χ1) is 15.1. The van der Waals surface area contributed by atoms with E-state index in [1.54, 1.807) is 21.3 Å². The Kier molecular flexibility index (Phi) is 6.39. The molecule has 1 aromatic heterocycles. The van der Waals surface area contributed by atoms with Gasteiger partial charge in [0, 0.05) is 52.2 Å². The van der Waals surface area contributed by atoms with Gasteiger partial charge in [0.25, 0.3) is 5.56 Å². The number of carbonyl (C=O) groups excluding carboxylic acids is 2. The maximum atomic E-state index is 13.2. The third-order valence-corrected chi connectivity index (χ3v) is 5.95. The summed E-state index contributed by atoms with van der Waals surface area (Å²) in [6.07, 6.45) is 2.01. The quantitative estimate of drug-likeness (QED) is 0.722. The largest absolute Gasteiger partial charge is 0.450 e. The Labute approximate surface area is 181 Å². The van der Waals surface area contributed by atoms with Crippen molar-refractivity contribution in [2.75, 3.05) is 50.8 Å². The van der Waals surface area contributed by atoms with Crippen LogP contribution in [0.15, 0.2) is 29.1 Å². The standard InChI is InChI=1S/C22H29N5O4/c1-2-31-22(30)26-15-13-24(14-16-26)19(28)9-12-27-18-8-4-3-7-17(18)23-20(21(27)29)25-10-5-6-11-25/h3-4,7-8H,2,5-6,9-16H2,1H3. The third kappa shape index (κ3) is 4.50. The number of ether oxygens (including phenoxy) is 1. The second-order valence-corrected chi connectivity index (χ2v) is 7.89. The minimum absolute atomic E-state index is 0.0148. The van der Waals surface area contributed by atoms with Gasteiger partial charge in [-0.1, -0.05) is 12.1 Å². The van der Waals surface area contributed by atoms with Gasteiger partial charge in [0.2, 0.25) is 5.91 Å². The van der Waals surface area contributed by atoms with Crippen molar-refractivity contribution >= 4 is 28.9 Å². The minimum Gasteiger partial charge on any atom is -0.450 e. The van der Waals surface area contributed by atoms with Crippen LogP contribution in [0.25, 0.3) is 11.0 Å². The number of fused-ring (bicyclic) bond motifs is 1. The zero-order chi connectivity index (χ0) is 21.8. The van der Waals surface area contributed by atoms with Gasteiger partial charge in [0.05, 0.1) is 17.6 Å². The minimum atomic E-state index is -0.334. The monoisotopic (exact) mass is 427 g/mol. The van der Waals surface area contributed by atoms with Gasteiger partial charge in [-0.05, 0) is 31.9 Å². The molecule has 2 saturated heterocycles. The Hall–Kier alpha value is -3.10. The molecule has 0 atom stereocenters. The van der Waals surface area contributed by atoms with E-state index in [1.807, 2.05) is 29.2 Å². The van der Waals surface area contributed by atoms with E-state index >= 15 is 0 Å². The first-order valence-electron chi connectivity index (χ1n) is 11.0. The van der Waals surface area contributed by atoms with Gasteiger partial charge in [0.15, 0.2) is 5.82 Å². The van der Waals surface area contributed by atoms with Crippen molar-refractivity contribution in [2.24, 2.45) is 0 Å². The van der Waals surface area contributed by atoms with Crippen molar-refractivity contribution < 1.29 is 14.3 Å². The lowest BCUT2D eigenvalue weighted by molar-refractivity contribution is -0.133. The van der Waals surface area contributed by atoms with Gasteiger partial charge in [-0.2, -0.15) is 0 Å². The Balaban J connectivity index is 1.46. The summed E-state index contributed by atoms with van der Waals surface area (Å²) in [6.45, 7) is 5.96. The van der Waals surface area contributed by atoms with Gasteiger partial charge in [-0.15, -0.1) is 0 Å². The number of piperazine rings is 1. The molecule has 0 aliphatic carbocycles. The summed E-state index contributed by atoms with van der Waals surface area (Å²) in [4.78, 5) is 47.9. The van der Waals surface area contributed by atoms with Crippen LogP contribution in [0.5, 0.6) is 0 Å². The van der Waals surface area contributed by atoms with Crippen LogP contribution in [0.3, 0.4) is 0 Å². The molecule has 0 N–H and O–H groups in total. The molecule has 9 nitrogen and oxygen atoms in total. The summed E-state index contributed by atoms with van der Waals surface area (Å²) < 4.78 is 6.71. The number of hydrogen-bond acceptors (Lipinski definition) is 6. The Morgan fingerprint density at radius 1 is 1.00 bits per heavy atom. The van der Waals surface area contributed by atoms with Crippen molar-refractivity contribution in [3.05, 3.63) is 34.6 Å². The molecular weight excluding hydrogens is 398 g/mol. The molecule has 2 fully saturated rings. The molecule has 0 saturated carbocycles. The summed E-state index contributed by atoms with van der Waals surface area (Å²) in [5.41, 5.74) is 1.37. The summed E-state index contributed by atoms with van der Waals surface area (Å²) >= 11 is 0. The number of aromatic nitrogens is 2. The van der Waals surface area contributed by atoms with Crippen LogP contribution in [0, 0.1) is 0 Å². The van der Waals surface area contributed by atoms with Gasteiger partial charge in [-0.25, -0.2) is 9.78 Å². The van der Waals surface area contributed by atoms with Gasteiger partial charge >= 0.3 is 6.09 Å². The predicted molar refractivity (Wildman–Crippen MR) is 117 cm³/mol. The van der Waals surface area contributed by atoms with E-state index in [-0.39, 0.29) is 24.0 Å². The Bertz CT molecular complexity index is 1010. The molecule has 2 aliphatic rings. The first-order valence-corrected chi connectivity index (χ1v) is 11.0. The first kappa shape index (κ1) is 21.1. The normalized spacial score (nSPS) is 16.7. The lowest BCUT2D eigenvalue weighted by Crippen LogP contribution is -2.50. The van der Waals surface area contributed by atoms with Crippen LogP contribution in [0.1, 0.15) is 26.2 Å². The smallest absolute Gasteiger partial charge is 0.409 e. The molecule has 2 aromatic rings. The summed E-state index contributed by atoms with van der Waals surface area (Å²) in [5.74, 6) is 0.464. The maximum Gasteiger partial charge on any atom is 0.409 e. The number of para-hydroxylation sites is 2. The van der Waals surface area contributed by atoms with E-state index in [9.17, 15) is 14.4 Å². The van der Waals surface area contributed by atoms with Gasteiger partial charge in [-0.3, -0.25) is 9.59 Å². The van der Waals surface area contributed by atoms with E-state index in [4.69, 9.17) is 4.74 Å². The molecule has 0 spiro atoms. The Morgan fingerprint density at radius 2 is 1.68 bits per heavy atom. The fourth-order valence-corrected chi connectivity index (χ4v) is 4.25. The molecule has 4 rings (SSSR count). The summed E-state index contributed by atoms with van der Waals surface area (Å²) in [5, 5.41) is 0. The number of anilines is 1. The molecule has 31 heavy (non-hydrogen) atoms. The molecule has 0 radical (unpaired) electrons. The van der Waals surface area contributed by atoms with Crippen LogP contribution < -0.4 is 10.5 Å². The SMILES string of the molecule is CCOC(=O)N1CCN(C(=O)CCn2c(=O)c(N3CCCC3)nc3ccccc32)CC1. The number of hydrogen-bond donors (Lipinski definition) is 0. The van der Waals surface area contributed by atoms with Crippen molar-refractivity contribution in [1.29, 1.82) is 0 Å². The fraction of sp³-hybridized carbons (Fsp3) is 0.545. The van der Waals surface area contributed by atoms with Crippen LogP contribution in [-0.4, -0.2) is 77.2 Å². The summed E-state index contributed by atoms with van der Waals surface area (Å²) in [6, 6.07) is 7.57.